The smallest absolute Gasteiger partial charge is 0.227 e. The second-order valence-electron chi connectivity index (χ2n) is 4.84. The van der Waals surface area contributed by atoms with E-state index in [-0.39, 0.29) is 24.0 Å². The molecule has 0 atom stereocenters. The highest BCUT2D eigenvalue weighted by molar-refractivity contribution is 5.77. The molecule has 3 aromatic rings. The summed E-state index contributed by atoms with van der Waals surface area (Å²) < 4.78 is 7.95. The fraction of sp³-hybridized carbons (Fsp3) is 0.250. The van der Waals surface area contributed by atoms with Gasteiger partial charge in [-0.2, -0.15) is 0 Å². The summed E-state index contributed by atoms with van der Waals surface area (Å²) in [6, 6.07) is 8.20. The third-order valence-corrected chi connectivity index (χ3v) is 3.51. The van der Waals surface area contributed by atoms with Gasteiger partial charge in [-0.05, 0) is 44.0 Å². The second kappa shape index (κ2) is 5.91. The summed E-state index contributed by atoms with van der Waals surface area (Å²) >= 11 is 0. The van der Waals surface area contributed by atoms with Crippen LogP contribution in [0.15, 0.2) is 41.1 Å². The van der Waals surface area contributed by atoms with E-state index >= 15 is 0 Å². The lowest BCUT2D eigenvalue weighted by atomic mass is 10.1. The van der Waals surface area contributed by atoms with Gasteiger partial charge < -0.3 is 28.4 Å². The fourth-order valence-electron chi connectivity index (χ4n) is 2.11. The highest BCUT2D eigenvalue weighted by atomic mass is 127. The Hall–Kier alpha value is -1.43. The highest BCUT2D eigenvalue weighted by Crippen LogP contribution is 2.25. The first kappa shape index (κ1) is 15.0. The van der Waals surface area contributed by atoms with Gasteiger partial charge in [0.15, 0.2) is 18.0 Å². The van der Waals surface area contributed by atoms with E-state index in [4.69, 9.17) is 4.42 Å². The van der Waals surface area contributed by atoms with Crippen LogP contribution in [0.2, 0.25) is 0 Å². The summed E-state index contributed by atoms with van der Waals surface area (Å²) in [7, 11) is 0. The molecule has 0 saturated heterocycles. The Morgan fingerprint density at radius 1 is 1.10 bits per heavy atom. The van der Waals surface area contributed by atoms with Crippen LogP contribution in [-0.2, 0) is 6.54 Å². The molecule has 0 bridgehead atoms. The summed E-state index contributed by atoms with van der Waals surface area (Å²) in [5.74, 6) is 0.684. The molecule has 0 N–H and O–H groups in total. The van der Waals surface area contributed by atoms with E-state index in [1.165, 1.54) is 11.1 Å². The van der Waals surface area contributed by atoms with Crippen molar-refractivity contribution in [1.82, 2.24) is 4.98 Å². The van der Waals surface area contributed by atoms with Crippen LogP contribution in [0.25, 0.3) is 22.6 Å². The number of aromatic nitrogens is 2. The maximum Gasteiger partial charge on any atom is 0.227 e. The zero-order chi connectivity index (χ0) is 13.4. The van der Waals surface area contributed by atoms with Gasteiger partial charge in [-0.25, -0.2) is 9.55 Å². The van der Waals surface area contributed by atoms with E-state index in [0.29, 0.717) is 5.89 Å². The van der Waals surface area contributed by atoms with Crippen LogP contribution < -0.4 is 28.5 Å². The van der Waals surface area contributed by atoms with Crippen molar-refractivity contribution in [1.29, 1.82) is 0 Å². The zero-order valence-corrected chi connectivity index (χ0v) is 14.0. The van der Waals surface area contributed by atoms with Gasteiger partial charge >= 0.3 is 0 Å². The molecule has 1 aromatic carbocycles. The van der Waals surface area contributed by atoms with Crippen LogP contribution >= 0.6 is 0 Å². The largest absolute Gasteiger partial charge is 1.00 e. The van der Waals surface area contributed by atoms with Crippen molar-refractivity contribution >= 4 is 11.1 Å². The number of aryl methyl sites for hydroxylation is 3. The molecule has 0 fully saturated rings. The number of oxazole rings is 1. The molecule has 0 spiro atoms. The van der Waals surface area contributed by atoms with Gasteiger partial charge in [0.2, 0.25) is 5.89 Å². The van der Waals surface area contributed by atoms with Crippen molar-refractivity contribution < 1.29 is 33.0 Å². The fourth-order valence-corrected chi connectivity index (χ4v) is 2.11. The number of pyridine rings is 1. The molecule has 0 aliphatic rings. The number of nitrogens with zero attached hydrogens (tertiary/aromatic N) is 2. The van der Waals surface area contributed by atoms with E-state index < -0.39 is 0 Å². The third kappa shape index (κ3) is 2.70. The quantitative estimate of drug-likeness (QED) is 0.477. The molecule has 2 aromatic heterocycles. The van der Waals surface area contributed by atoms with Crippen molar-refractivity contribution in [3.63, 3.8) is 0 Å². The molecule has 0 amide bonds. The van der Waals surface area contributed by atoms with Gasteiger partial charge in [0.25, 0.3) is 0 Å². The van der Waals surface area contributed by atoms with Gasteiger partial charge in [-0.1, -0.05) is 0 Å². The first-order valence-corrected chi connectivity index (χ1v) is 6.54. The molecule has 4 heteroatoms. The number of hydrogen-bond donors (Lipinski definition) is 0. The van der Waals surface area contributed by atoms with Gasteiger partial charge in [0, 0.05) is 17.7 Å². The predicted molar refractivity (Wildman–Crippen MR) is 74.8 cm³/mol. The topological polar surface area (TPSA) is 29.9 Å². The highest BCUT2D eigenvalue weighted by Gasteiger charge is 2.10. The molecule has 20 heavy (non-hydrogen) atoms. The summed E-state index contributed by atoms with van der Waals surface area (Å²) in [5, 5.41) is 0. The lowest BCUT2D eigenvalue weighted by Crippen LogP contribution is -3.00. The Morgan fingerprint density at radius 2 is 1.75 bits per heavy atom. The minimum atomic E-state index is 0. The zero-order valence-electron chi connectivity index (χ0n) is 11.9. The van der Waals surface area contributed by atoms with Crippen molar-refractivity contribution in [2.45, 2.75) is 27.3 Å². The van der Waals surface area contributed by atoms with Crippen LogP contribution in [0.1, 0.15) is 18.1 Å². The first-order chi connectivity index (χ1) is 9.17. The van der Waals surface area contributed by atoms with Crippen molar-refractivity contribution in [3.05, 3.63) is 47.8 Å². The Balaban J connectivity index is 0.00000147. The lowest BCUT2D eigenvalue weighted by molar-refractivity contribution is -0.693. The number of halogens is 1. The van der Waals surface area contributed by atoms with Crippen LogP contribution in [0.4, 0.5) is 0 Å². The summed E-state index contributed by atoms with van der Waals surface area (Å²) in [4.78, 5) is 4.56. The molecule has 0 unspecified atom stereocenters. The van der Waals surface area contributed by atoms with Crippen LogP contribution in [0.5, 0.6) is 0 Å². The Bertz CT molecular complexity index is 693. The van der Waals surface area contributed by atoms with Crippen molar-refractivity contribution in [3.8, 4) is 11.5 Å². The standard InChI is InChI=1S/C16H17N2O.HI/c1-4-18-7-5-13(6-8-18)16-17-14-9-11(2)12(3)10-15(14)19-16;/h5-10H,4H2,1-3H3;1H/q+1;/p-1. The number of rotatable bonds is 2. The molecule has 0 radical (unpaired) electrons. The summed E-state index contributed by atoms with van der Waals surface area (Å²) in [6.07, 6.45) is 4.08. The average Bonchev–Trinajstić information content (AvgIpc) is 2.82. The van der Waals surface area contributed by atoms with Crippen LogP contribution in [-0.4, -0.2) is 4.98 Å². The van der Waals surface area contributed by atoms with Gasteiger partial charge in [-0.3, -0.25) is 0 Å². The maximum absolute atomic E-state index is 5.84. The van der Waals surface area contributed by atoms with E-state index in [2.05, 4.69) is 42.5 Å². The van der Waals surface area contributed by atoms with E-state index in [0.717, 1.165) is 23.2 Å². The van der Waals surface area contributed by atoms with Crippen LogP contribution in [0, 0.1) is 13.8 Å². The second-order valence-corrected chi connectivity index (χ2v) is 4.84. The van der Waals surface area contributed by atoms with Crippen LogP contribution in [0.3, 0.4) is 0 Å². The SMILES string of the molecule is CC[n+]1ccc(-c2nc3cc(C)c(C)cc3o2)cc1.[I-]. The van der Waals surface area contributed by atoms with E-state index in [9.17, 15) is 0 Å². The van der Waals surface area contributed by atoms with Gasteiger partial charge in [0.1, 0.15) is 12.1 Å². The summed E-state index contributed by atoms with van der Waals surface area (Å²) in [5.41, 5.74) is 5.25. The molecule has 3 rings (SSSR count). The van der Waals surface area contributed by atoms with E-state index in [1.54, 1.807) is 0 Å². The maximum atomic E-state index is 5.84. The minimum absolute atomic E-state index is 0. The molecule has 0 saturated carbocycles. The Kier molecular flexibility index (Phi) is 4.42. The minimum Gasteiger partial charge on any atom is -1.00 e. The first-order valence-electron chi connectivity index (χ1n) is 6.54. The average molecular weight is 380 g/mol. The van der Waals surface area contributed by atoms with E-state index in [1.807, 2.05) is 24.5 Å². The summed E-state index contributed by atoms with van der Waals surface area (Å²) in [6.45, 7) is 7.26. The monoisotopic (exact) mass is 380 g/mol. The number of benzene rings is 1. The molecule has 3 nitrogen and oxygen atoms in total. The Labute approximate surface area is 135 Å². The molecular weight excluding hydrogens is 363 g/mol. The number of fused-ring (bicyclic) bond motifs is 1. The Morgan fingerprint density at radius 3 is 2.40 bits per heavy atom. The normalized spacial score (nSPS) is 10.6. The van der Waals surface area contributed by atoms with Crippen molar-refractivity contribution in [2.75, 3.05) is 0 Å². The lowest BCUT2D eigenvalue weighted by Gasteiger charge is -1.96. The van der Waals surface area contributed by atoms with Crippen molar-refractivity contribution in [2.24, 2.45) is 0 Å². The predicted octanol–water partition coefficient (Wildman–Crippen LogP) is 0.423. The molecule has 0 aliphatic heterocycles. The van der Waals surface area contributed by atoms with Gasteiger partial charge in [0.05, 0.1) is 0 Å². The molecule has 2 heterocycles. The number of hydrogen-bond acceptors (Lipinski definition) is 2. The molecule has 104 valence electrons. The third-order valence-electron chi connectivity index (χ3n) is 3.51. The van der Waals surface area contributed by atoms with Gasteiger partial charge in [-0.15, -0.1) is 0 Å². The molecule has 0 aliphatic carbocycles. The molecular formula is C16H17IN2O.